The van der Waals surface area contributed by atoms with Crippen molar-refractivity contribution in [2.75, 3.05) is 33.3 Å². The van der Waals surface area contributed by atoms with E-state index in [0.717, 1.165) is 55.1 Å². The molecule has 0 aliphatic carbocycles. The molecular weight excluding hydrogens is 532 g/mol. The zero-order valence-electron chi connectivity index (χ0n) is 19.2. The molecule has 1 aliphatic rings. The number of rotatable bonds is 7. The number of nitrogens with zero attached hydrogens (tertiary/aromatic N) is 2. The van der Waals surface area contributed by atoms with Gasteiger partial charge >= 0.3 is 0 Å². The van der Waals surface area contributed by atoms with Gasteiger partial charge in [-0.05, 0) is 48.2 Å². The second-order valence-corrected chi connectivity index (χ2v) is 8.34. The van der Waals surface area contributed by atoms with Gasteiger partial charge in [0, 0.05) is 56.9 Å². The van der Waals surface area contributed by atoms with Crippen molar-refractivity contribution in [3.05, 3.63) is 71.2 Å². The van der Waals surface area contributed by atoms with E-state index < -0.39 is 0 Å². The normalized spacial score (nSPS) is 17.1. The molecule has 1 unspecified atom stereocenters. The molecule has 2 heterocycles. The SMILES string of the molecule is CN=C(NCCc1c[nH]c2ccc(F)cc12)NCc1cccc(CN2CCOC(C)C2)c1.I. The Bertz CT molecular complexity index is 1070. The van der Waals surface area contributed by atoms with Crippen molar-refractivity contribution in [2.45, 2.75) is 32.5 Å². The van der Waals surface area contributed by atoms with Gasteiger partial charge in [-0.2, -0.15) is 0 Å². The summed E-state index contributed by atoms with van der Waals surface area (Å²) in [6.07, 6.45) is 3.02. The number of halogens is 2. The Balaban J connectivity index is 0.00000306. The first-order chi connectivity index (χ1) is 15.6. The van der Waals surface area contributed by atoms with E-state index in [1.165, 1.54) is 17.2 Å². The fourth-order valence-electron chi connectivity index (χ4n) is 4.21. The number of guanidine groups is 1. The maximum atomic E-state index is 13.6. The van der Waals surface area contributed by atoms with Crippen LogP contribution in [0.5, 0.6) is 0 Å². The Morgan fingerprint density at radius 3 is 2.88 bits per heavy atom. The summed E-state index contributed by atoms with van der Waals surface area (Å²) in [5.74, 6) is 0.539. The van der Waals surface area contributed by atoms with Crippen LogP contribution in [0.3, 0.4) is 0 Å². The van der Waals surface area contributed by atoms with E-state index in [9.17, 15) is 4.39 Å². The predicted octanol–water partition coefficient (Wildman–Crippen LogP) is 4.05. The zero-order chi connectivity index (χ0) is 22.3. The van der Waals surface area contributed by atoms with Crippen LogP contribution < -0.4 is 10.6 Å². The molecule has 1 aromatic heterocycles. The molecule has 0 bridgehead atoms. The van der Waals surface area contributed by atoms with Crippen LogP contribution in [0, 0.1) is 5.82 Å². The van der Waals surface area contributed by atoms with Gasteiger partial charge in [0.15, 0.2) is 5.96 Å². The molecule has 3 N–H and O–H groups in total. The fourth-order valence-corrected chi connectivity index (χ4v) is 4.21. The van der Waals surface area contributed by atoms with Crippen LogP contribution in [0.2, 0.25) is 0 Å². The molecular formula is C25H33FIN5O. The summed E-state index contributed by atoms with van der Waals surface area (Å²) >= 11 is 0. The number of aliphatic imine (C=N–C) groups is 1. The largest absolute Gasteiger partial charge is 0.376 e. The third-order valence-corrected chi connectivity index (χ3v) is 5.82. The Labute approximate surface area is 212 Å². The van der Waals surface area contributed by atoms with Crippen LogP contribution in [-0.4, -0.2) is 55.2 Å². The second kappa shape index (κ2) is 12.3. The number of H-pyrrole nitrogens is 1. The van der Waals surface area contributed by atoms with E-state index >= 15 is 0 Å². The molecule has 178 valence electrons. The van der Waals surface area contributed by atoms with Crippen molar-refractivity contribution in [1.29, 1.82) is 0 Å². The minimum Gasteiger partial charge on any atom is -0.376 e. The lowest BCUT2D eigenvalue weighted by atomic mass is 10.1. The summed E-state index contributed by atoms with van der Waals surface area (Å²) in [7, 11) is 1.77. The molecule has 6 nitrogen and oxygen atoms in total. The van der Waals surface area contributed by atoms with Crippen LogP contribution in [0.15, 0.2) is 53.7 Å². The molecule has 0 saturated carbocycles. The van der Waals surface area contributed by atoms with Gasteiger partial charge in [-0.3, -0.25) is 9.89 Å². The van der Waals surface area contributed by atoms with Gasteiger partial charge in [0.2, 0.25) is 0 Å². The predicted molar refractivity (Wildman–Crippen MR) is 143 cm³/mol. The molecule has 2 aromatic carbocycles. The summed E-state index contributed by atoms with van der Waals surface area (Å²) in [5.41, 5.74) is 4.58. The Morgan fingerprint density at radius 1 is 1.21 bits per heavy atom. The Hall–Kier alpha value is -2.17. The molecule has 8 heteroatoms. The third kappa shape index (κ3) is 7.15. The van der Waals surface area contributed by atoms with E-state index in [2.05, 4.69) is 56.7 Å². The number of fused-ring (bicyclic) bond motifs is 1. The number of benzene rings is 2. The summed E-state index contributed by atoms with van der Waals surface area (Å²) < 4.78 is 19.2. The lowest BCUT2D eigenvalue weighted by molar-refractivity contribution is -0.0212. The van der Waals surface area contributed by atoms with Crippen molar-refractivity contribution < 1.29 is 9.13 Å². The molecule has 4 rings (SSSR count). The standard InChI is InChI=1S/C25H32FN5O.HI/c1-18-16-31(10-11-32-18)17-20-5-3-4-19(12-20)14-30-25(27-2)28-9-8-21-15-29-24-7-6-22(26)13-23(21)24;/h3-7,12-13,15,18,29H,8-11,14,16-17H2,1-2H3,(H2,27,28,30);1H. The van der Waals surface area contributed by atoms with Crippen LogP contribution in [0.4, 0.5) is 4.39 Å². The molecule has 1 saturated heterocycles. The Morgan fingerprint density at radius 2 is 2.06 bits per heavy atom. The average molecular weight is 565 g/mol. The maximum Gasteiger partial charge on any atom is 0.191 e. The van der Waals surface area contributed by atoms with Gasteiger partial charge in [-0.1, -0.05) is 24.3 Å². The molecule has 0 radical (unpaired) electrons. The number of nitrogens with one attached hydrogen (secondary N) is 3. The minimum atomic E-state index is -0.214. The number of hydrogen-bond donors (Lipinski definition) is 3. The quantitative estimate of drug-likeness (QED) is 0.230. The number of morpholine rings is 1. The van der Waals surface area contributed by atoms with Crippen LogP contribution in [-0.2, 0) is 24.2 Å². The number of ether oxygens (including phenoxy) is 1. The van der Waals surface area contributed by atoms with Crippen molar-refractivity contribution in [2.24, 2.45) is 4.99 Å². The topological polar surface area (TPSA) is 64.7 Å². The summed E-state index contributed by atoms with van der Waals surface area (Å²) in [6.45, 7) is 7.23. The molecule has 1 fully saturated rings. The van der Waals surface area contributed by atoms with Crippen LogP contribution >= 0.6 is 24.0 Å². The van der Waals surface area contributed by atoms with Crippen LogP contribution in [0.1, 0.15) is 23.6 Å². The lowest BCUT2D eigenvalue weighted by Crippen LogP contribution is -2.40. The number of aromatic nitrogens is 1. The van der Waals surface area contributed by atoms with Crippen LogP contribution in [0.25, 0.3) is 10.9 Å². The fraction of sp³-hybridized carbons (Fsp3) is 0.400. The highest BCUT2D eigenvalue weighted by molar-refractivity contribution is 14.0. The van der Waals surface area contributed by atoms with Gasteiger partial charge < -0.3 is 20.4 Å². The van der Waals surface area contributed by atoms with Gasteiger partial charge in [0.1, 0.15) is 5.82 Å². The first kappa shape index (κ1) is 25.5. The van der Waals surface area contributed by atoms with Gasteiger partial charge in [-0.15, -0.1) is 24.0 Å². The highest BCUT2D eigenvalue weighted by Crippen LogP contribution is 2.19. The van der Waals surface area contributed by atoms with Gasteiger partial charge in [-0.25, -0.2) is 4.39 Å². The van der Waals surface area contributed by atoms with E-state index in [1.54, 1.807) is 19.2 Å². The van der Waals surface area contributed by atoms with Crippen molar-refractivity contribution in [3.8, 4) is 0 Å². The van der Waals surface area contributed by atoms with Crippen molar-refractivity contribution in [3.63, 3.8) is 0 Å². The van der Waals surface area contributed by atoms with E-state index in [4.69, 9.17) is 4.74 Å². The van der Waals surface area contributed by atoms with E-state index in [0.29, 0.717) is 19.2 Å². The maximum absolute atomic E-state index is 13.6. The zero-order valence-corrected chi connectivity index (χ0v) is 21.6. The first-order valence-electron chi connectivity index (χ1n) is 11.2. The highest BCUT2D eigenvalue weighted by atomic mass is 127. The van der Waals surface area contributed by atoms with E-state index in [-0.39, 0.29) is 29.8 Å². The first-order valence-corrected chi connectivity index (χ1v) is 11.2. The number of aromatic amines is 1. The summed E-state index contributed by atoms with van der Waals surface area (Å²) in [5, 5.41) is 7.67. The number of hydrogen-bond acceptors (Lipinski definition) is 3. The van der Waals surface area contributed by atoms with Gasteiger partial charge in [0.25, 0.3) is 0 Å². The highest BCUT2D eigenvalue weighted by Gasteiger charge is 2.16. The smallest absolute Gasteiger partial charge is 0.191 e. The third-order valence-electron chi connectivity index (χ3n) is 5.82. The van der Waals surface area contributed by atoms with E-state index in [1.807, 2.05) is 6.20 Å². The Kier molecular flexibility index (Phi) is 9.52. The lowest BCUT2D eigenvalue weighted by Gasteiger charge is -2.31. The molecule has 33 heavy (non-hydrogen) atoms. The molecule has 0 amide bonds. The average Bonchev–Trinajstić information content (AvgIpc) is 3.18. The molecule has 1 atom stereocenters. The van der Waals surface area contributed by atoms with Gasteiger partial charge in [0.05, 0.1) is 12.7 Å². The van der Waals surface area contributed by atoms with Crippen molar-refractivity contribution >= 4 is 40.8 Å². The molecule has 3 aromatic rings. The summed E-state index contributed by atoms with van der Waals surface area (Å²) in [6, 6.07) is 13.5. The molecule has 0 spiro atoms. The monoisotopic (exact) mass is 565 g/mol. The second-order valence-electron chi connectivity index (χ2n) is 8.34. The molecule has 1 aliphatic heterocycles. The minimum absolute atomic E-state index is 0. The summed E-state index contributed by atoms with van der Waals surface area (Å²) in [4.78, 5) is 9.97. The van der Waals surface area contributed by atoms with Crippen molar-refractivity contribution in [1.82, 2.24) is 20.5 Å².